The lowest BCUT2D eigenvalue weighted by Crippen LogP contribution is -2.34. The molecule has 0 heterocycles. The molecule has 0 saturated heterocycles. The molecule has 1 aromatic carbocycles. The Bertz CT molecular complexity index is 408. The zero-order valence-corrected chi connectivity index (χ0v) is 12.6. The molecule has 98 valence electrons. The van der Waals surface area contributed by atoms with Crippen LogP contribution in [0.15, 0.2) is 22.7 Å². The van der Waals surface area contributed by atoms with Crippen LogP contribution < -0.4 is 5.32 Å². The minimum atomic E-state index is -0.0231. The highest BCUT2D eigenvalue weighted by molar-refractivity contribution is 9.10. The van der Waals surface area contributed by atoms with Gasteiger partial charge in [0.05, 0.1) is 0 Å². The van der Waals surface area contributed by atoms with Gasteiger partial charge >= 0.3 is 0 Å². The summed E-state index contributed by atoms with van der Waals surface area (Å²) in [6, 6.07) is 5.61. The number of carbonyl (C=O) groups excluding carboxylic acids is 1. The van der Waals surface area contributed by atoms with Gasteiger partial charge in [0.15, 0.2) is 0 Å². The van der Waals surface area contributed by atoms with Gasteiger partial charge in [-0.2, -0.15) is 0 Å². The first-order valence-corrected chi connectivity index (χ1v) is 7.59. The van der Waals surface area contributed by atoms with Crippen molar-refractivity contribution in [2.45, 2.75) is 44.6 Å². The van der Waals surface area contributed by atoms with Crippen molar-refractivity contribution in [1.29, 1.82) is 0 Å². The number of hydrogen-bond acceptors (Lipinski definition) is 1. The molecule has 0 radical (unpaired) electrons. The highest BCUT2D eigenvalue weighted by Crippen LogP contribution is 2.21. The van der Waals surface area contributed by atoms with Crippen molar-refractivity contribution < 1.29 is 4.79 Å². The van der Waals surface area contributed by atoms with E-state index < -0.39 is 0 Å². The number of halogens is 2. The van der Waals surface area contributed by atoms with Gasteiger partial charge in [-0.3, -0.25) is 4.79 Å². The Balaban J connectivity index is 2.01. The minimum absolute atomic E-state index is 0.0231. The lowest BCUT2D eigenvalue weighted by atomic mass is 10.1. The number of benzene rings is 1. The second kappa shape index (κ2) is 6.58. The molecule has 1 saturated carbocycles. The van der Waals surface area contributed by atoms with Crippen LogP contribution in [0.1, 0.15) is 48.9 Å². The summed E-state index contributed by atoms with van der Waals surface area (Å²) in [5, 5.41) is 3.69. The molecule has 2 rings (SSSR count). The van der Waals surface area contributed by atoms with Gasteiger partial charge < -0.3 is 5.32 Å². The molecule has 1 N–H and O–H groups in total. The van der Waals surface area contributed by atoms with Crippen molar-refractivity contribution >= 4 is 33.4 Å². The van der Waals surface area contributed by atoms with Crippen molar-refractivity contribution in [1.82, 2.24) is 5.32 Å². The molecule has 0 atom stereocenters. The molecule has 1 aliphatic carbocycles. The zero-order chi connectivity index (χ0) is 13.0. The van der Waals surface area contributed by atoms with Gasteiger partial charge in [0.2, 0.25) is 0 Å². The van der Waals surface area contributed by atoms with Crippen molar-refractivity contribution in [2.24, 2.45) is 0 Å². The molecule has 1 aromatic rings. The van der Waals surface area contributed by atoms with Crippen LogP contribution in [0.25, 0.3) is 0 Å². The van der Waals surface area contributed by atoms with Gasteiger partial charge in [0, 0.05) is 21.1 Å². The summed E-state index contributed by atoms with van der Waals surface area (Å²) in [5.74, 6) is -0.0231. The Kier molecular flexibility index (Phi) is 5.07. The van der Waals surface area contributed by atoms with E-state index in [4.69, 9.17) is 11.6 Å². The number of carbonyl (C=O) groups is 1. The summed E-state index contributed by atoms with van der Waals surface area (Å²) >= 11 is 9.31. The molecule has 18 heavy (non-hydrogen) atoms. The second-order valence-corrected chi connectivity index (χ2v) is 6.17. The van der Waals surface area contributed by atoms with Crippen LogP contribution in [0, 0.1) is 0 Å². The first-order valence-electron chi connectivity index (χ1n) is 6.42. The molecule has 0 bridgehead atoms. The normalized spacial score (nSPS) is 17.2. The Labute approximate surface area is 121 Å². The maximum atomic E-state index is 12.1. The Hall–Kier alpha value is -0.540. The third-order valence-corrected chi connectivity index (χ3v) is 3.99. The highest BCUT2D eigenvalue weighted by Gasteiger charge is 2.16. The van der Waals surface area contributed by atoms with E-state index >= 15 is 0 Å². The van der Waals surface area contributed by atoms with Gasteiger partial charge in [-0.15, -0.1) is 0 Å². The molecular formula is C14H17BrClNO. The smallest absolute Gasteiger partial charge is 0.251 e. The maximum Gasteiger partial charge on any atom is 0.251 e. The predicted molar refractivity (Wildman–Crippen MR) is 78.1 cm³/mol. The lowest BCUT2D eigenvalue weighted by Gasteiger charge is -2.16. The number of amides is 1. The molecule has 1 aliphatic rings. The first kappa shape index (κ1) is 13.9. The number of hydrogen-bond donors (Lipinski definition) is 1. The topological polar surface area (TPSA) is 29.1 Å². The van der Waals surface area contributed by atoms with E-state index in [1.165, 1.54) is 25.7 Å². The van der Waals surface area contributed by atoms with Crippen LogP contribution in [0.3, 0.4) is 0 Å². The fourth-order valence-electron chi connectivity index (χ4n) is 2.38. The summed E-state index contributed by atoms with van der Waals surface area (Å²) in [4.78, 5) is 12.1. The predicted octanol–water partition coefficient (Wildman–Crippen LogP) is 4.56. The Morgan fingerprint density at radius 3 is 2.44 bits per heavy atom. The minimum Gasteiger partial charge on any atom is -0.349 e. The molecule has 0 aliphatic heterocycles. The summed E-state index contributed by atoms with van der Waals surface area (Å²) in [5.41, 5.74) is 0.624. The molecule has 2 nitrogen and oxygen atoms in total. The van der Waals surface area contributed by atoms with Gasteiger partial charge in [0.1, 0.15) is 0 Å². The van der Waals surface area contributed by atoms with E-state index in [1.807, 2.05) is 0 Å². The molecule has 1 fully saturated rings. The summed E-state index contributed by atoms with van der Waals surface area (Å²) in [7, 11) is 0. The fraction of sp³-hybridized carbons (Fsp3) is 0.500. The van der Waals surface area contributed by atoms with Crippen LogP contribution >= 0.6 is 27.5 Å². The van der Waals surface area contributed by atoms with Crippen LogP contribution in [0.2, 0.25) is 5.02 Å². The fourth-order valence-corrected chi connectivity index (χ4v) is 3.24. The molecule has 4 heteroatoms. The van der Waals surface area contributed by atoms with Gasteiger partial charge in [0.25, 0.3) is 5.91 Å². The first-order chi connectivity index (χ1) is 8.65. The molecule has 1 amide bonds. The van der Waals surface area contributed by atoms with Crippen molar-refractivity contribution in [3.63, 3.8) is 0 Å². The number of rotatable bonds is 2. The molecule has 0 unspecified atom stereocenters. The highest BCUT2D eigenvalue weighted by atomic mass is 79.9. The van der Waals surface area contributed by atoms with Crippen molar-refractivity contribution in [3.05, 3.63) is 33.3 Å². The van der Waals surface area contributed by atoms with Gasteiger partial charge in [-0.25, -0.2) is 0 Å². The molecular weight excluding hydrogens is 314 g/mol. The quantitative estimate of drug-likeness (QED) is 0.792. The summed E-state index contributed by atoms with van der Waals surface area (Å²) in [6.07, 6.45) is 7.18. The largest absolute Gasteiger partial charge is 0.349 e. The van der Waals surface area contributed by atoms with E-state index in [2.05, 4.69) is 21.2 Å². The molecule has 0 spiro atoms. The van der Waals surface area contributed by atoms with Crippen LogP contribution in [-0.4, -0.2) is 11.9 Å². The van der Waals surface area contributed by atoms with Gasteiger partial charge in [-0.05, 0) is 31.0 Å². The van der Waals surface area contributed by atoms with E-state index in [1.54, 1.807) is 18.2 Å². The summed E-state index contributed by atoms with van der Waals surface area (Å²) in [6.45, 7) is 0. The standard InChI is InChI=1S/C14H17BrClNO/c15-11-7-10(8-12(16)9-11)14(18)17-13-5-3-1-2-4-6-13/h7-9,13H,1-6H2,(H,17,18). The molecule has 0 aromatic heterocycles. The SMILES string of the molecule is O=C(NC1CCCCCC1)c1cc(Cl)cc(Br)c1. The van der Waals surface area contributed by atoms with E-state index in [9.17, 15) is 4.79 Å². The Morgan fingerprint density at radius 2 is 1.83 bits per heavy atom. The zero-order valence-electron chi connectivity index (χ0n) is 10.2. The summed E-state index contributed by atoms with van der Waals surface area (Å²) < 4.78 is 0.834. The average Bonchev–Trinajstić information content (AvgIpc) is 2.56. The lowest BCUT2D eigenvalue weighted by molar-refractivity contribution is 0.0933. The van der Waals surface area contributed by atoms with E-state index in [0.29, 0.717) is 16.6 Å². The maximum absolute atomic E-state index is 12.1. The van der Waals surface area contributed by atoms with E-state index in [0.717, 1.165) is 17.3 Å². The third-order valence-electron chi connectivity index (χ3n) is 3.32. The van der Waals surface area contributed by atoms with Crippen molar-refractivity contribution in [3.8, 4) is 0 Å². The monoisotopic (exact) mass is 329 g/mol. The van der Waals surface area contributed by atoms with Crippen LogP contribution in [-0.2, 0) is 0 Å². The Morgan fingerprint density at radius 1 is 1.17 bits per heavy atom. The van der Waals surface area contributed by atoms with Crippen LogP contribution in [0.5, 0.6) is 0 Å². The average molecular weight is 331 g/mol. The van der Waals surface area contributed by atoms with E-state index in [-0.39, 0.29) is 5.91 Å². The van der Waals surface area contributed by atoms with Crippen molar-refractivity contribution in [2.75, 3.05) is 0 Å². The van der Waals surface area contributed by atoms with Crippen LogP contribution in [0.4, 0.5) is 0 Å². The van der Waals surface area contributed by atoms with Gasteiger partial charge in [-0.1, -0.05) is 53.2 Å². The number of nitrogens with one attached hydrogen (secondary N) is 1. The second-order valence-electron chi connectivity index (χ2n) is 4.82. The third kappa shape index (κ3) is 3.99.